The van der Waals surface area contributed by atoms with Crippen LogP contribution in [0.15, 0.2) is 27.6 Å². The third-order valence-electron chi connectivity index (χ3n) is 3.51. The van der Waals surface area contributed by atoms with Crippen LogP contribution in [0.2, 0.25) is 0 Å². The van der Waals surface area contributed by atoms with Crippen LogP contribution < -0.4 is 4.74 Å². The first-order chi connectivity index (χ1) is 13.0. The summed E-state index contributed by atoms with van der Waals surface area (Å²) in [6.45, 7) is 2.65. The highest BCUT2D eigenvalue weighted by Crippen LogP contribution is 2.34. The van der Waals surface area contributed by atoms with Crippen molar-refractivity contribution in [1.29, 1.82) is 0 Å². The number of carbonyl (C=O) groups excluding carboxylic acids is 3. The molecule has 0 spiro atoms. The maximum absolute atomic E-state index is 12.4. The van der Waals surface area contributed by atoms with Gasteiger partial charge in [0.25, 0.3) is 11.1 Å². The maximum atomic E-state index is 12.4. The van der Waals surface area contributed by atoms with E-state index < -0.39 is 5.97 Å². The molecule has 0 bridgehead atoms. The molecule has 0 unspecified atom stereocenters. The number of thioether (sulfide) groups is 1. The molecule has 1 saturated heterocycles. The average molecular weight is 458 g/mol. The number of carbonyl (C=O) groups is 3. The lowest BCUT2D eigenvalue weighted by Gasteiger charge is -2.11. The molecule has 0 aromatic heterocycles. The fourth-order valence-electron chi connectivity index (χ4n) is 2.27. The summed E-state index contributed by atoms with van der Waals surface area (Å²) in [5.41, 5.74) is 0.729. The number of ether oxygens (including phenoxy) is 3. The van der Waals surface area contributed by atoms with Crippen molar-refractivity contribution >= 4 is 50.9 Å². The highest BCUT2D eigenvalue weighted by atomic mass is 79.9. The van der Waals surface area contributed by atoms with E-state index in [9.17, 15) is 14.4 Å². The largest absolute Gasteiger partial charge is 0.481 e. The predicted octanol–water partition coefficient (Wildman–Crippen LogP) is 3.46. The summed E-state index contributed by atoms with van der Waals surface area (Å²) < 4.78 is 15.8. The van der Waals surface area contributed by atoms with Crippen LogP contribution in [0.4, 0.5) is 4.79 Å². The minimum atomic E-state index is -0.448. The van der Waals surface area contributed by atoms with Gasteiger partial charge in [0.1, 0.15) is 5.75 Å². The first-order valence-corrected chi connectivity index (χ1v) is 9.89. The lowest BCUT2D eigenvalue weighted by Crippen LogP contribution is -2.29. The molecule has 1 aromatic carbocycles. The zero-order chi connectivity index (χ0) is 19.8. The van der Waals surface area contributed by atoms with Gasteiger partial charge in [-0.3, -0.25) is 14.5 Å². The minimum absolute atomic E-state index is 0.188. The molecule has 0 radical (unpaired) electrons. The molecule has 0 N–H and O–H groups in total. The van der Waals surface area contributed by atoms with Crippen LogP contribution in [0.25, 0.3) is 6.08 Å². The highest BCUT2D eigenvalue weighted by molar-refractivity contribution is 9.10. The summed E-state index contributed by atoms with van der Waals surface area (Å²) in [7, 11) is 1.58. The molecular weight excluding hydrogens is 438 g/mol. The Morgan fingerprint density at radius 2 is 2.11 bits per heavy atom. The number of amides is 2. The SMILES string of the molecule is CCOC(=O)COc1ccc(/C=C2/SC(=O)N(CCCOC)C2=O)cc1Br. The summed E-state index contributed by atoms with van der Waals surface area (Å²) in [6.07, 6.45) is 2.25. The maximum Gasteiger partial charge on any atom is 0.344 e. The Bertz CT molecular complexity index is 751. The zero-order valence-electron chi connectivity index (χ0n) is 15.0. The fourth-order valence-corrected chi connectivity index (χ4v) is 3.65. The van der Waals surface area contributed by atoms with Gasteiger partial charge in [0, 0.05) is 20.3 Å². The van der Waals surface area contributed by atoms with E-state index in [0.29, 0.717) is 41.3 Å². The van der Waals surface area contributed by atoms with Gasteiger partial charge >= 0.3 is 5.97 Å². The van der Waals surface area contributed by atoms with Gasteiger partial charge in [-0.25, -0.2) is 4.79 Å². The summed E-state index contributed by atoms with van der Waals surface area (Å²) in [5, 5.41) is -0.282. The van der Waals surface area contributed by atoms with Crippen molar-refractivity contribution in [3.63, 3.8) is 0 Å². The average Bonchev–Trinajstić information content (AvgIpc) is 2.89. The Kier molecular flexibility index (Phi) is 8.33. The predicted molar refractivity (Wildman–Crippen MR) is 105 cm³/mol. The molecule has 7 nitrogen and oxygen atoms in total. The molecule has 9 heteroatoms. The van der Waals surface area contributed by atoms with Crippen molar-refractivity contribution in [3.05, 3.63) is 33.1 Å². The van der Waals surface area contributed by atoms with Gasteiger partial charge in [-0.1, -0.05) is 6.07 Å². The van der Waals surface area contributed by atoms with Crippen LogP contribution in [0.1, 0.15) is 18.9 Å². The number of rotatable bonds is 9. The van der Waals surface area contributed by atoms with E-state index in [2.05, 4.69) is 15.9 Å². The first kappa shape index (κ1) is 21.5. The molecule has 1 fully saturated rings. The third-order valence-corrected chi connectivity index (χ3v) is 5.04. The van der Waals surface area contributed by atoms with E-state index in [0.717, 1.165) is 17.3 Å². The van der Waals surface area contributed by atoms with Crippen molar-refractivity contribution in [1.82, 2.24) is 4.90 Å². The van der Waals surface area contributed by atoms with Crippen molar-refractivity contribution in [3.8, 4) is 5.75 Å². The van der Waals surface area contributed by atoms with Gasteiger partial charge in [-0.05, 0) is 64.8 Å². The molecule has 0 aliphatic carbocycles. The molecular formula is C18H20BrNO6S. The number of esters is 1. The monoisotopic (exact) mass is 457 g/mol. The second kappa shape index (κ2) is 10.5. The van der Waals surface area contributed by atoms with Crippen molar-refractivity contribution in [2.75, 3.05) is 33.5 Å². The summed E-state index contributed by atoms with van der Waals surface area (Å²) >= 11 is 4.29. The van der Waals surface area contributed by atoms with Crippen LogP contribution in [0.5, 0.6) is 5.75 Å². The van der Waals surface area contributed by atoms with Crippen molar-refractivity contribution in [2.45, 2.75) is 13.3 Å². The van der Waals surface area contributed by atoms with E-state index in [-0.39, 0.29) is 17.8 Å². The van der Waals surface area contributed by atoms with E-state index in [1.165, 1.54) is 4.90 Å². The second-order valence-electron chi connectivity index (χ2n) is 5.46. The summed E-state index contributed by atoms with van der Waals surface area (Å²) in [5.74, 6) is -0.275. The van der Waals surface area contributed by atoms with Crippen LogP contribution in [0.3, 0.4) is 0 Å². The van der Waals surface area contributed by atoms with E-state index in [1.807, 2.05) is 0 Å². The highest BCUT2D eigenvalue weighted by Gasteiger charge is 2.34. The molecule has 1 heterocycles. The molecule has 0 saturated carbocycles. The van der Waals surface area contributed by atoms with Crippen LogP contribution in [0, 0.1) is 0 Å². The van der Waals surface area contributed by atoms with Crippen LogP contribution in [-0.4, -0.2) is 55.5 Å². The van der Waals surface area contributed by atoms with E-state index in [4.69, 9.17) is 14.2 Å². The molecule has 2 rings (SSSR count). The minimum Gasteiger partial charge on any atom is -0.481 e. The summed E-state index contributed by atoms with van der Waals surface area (Å²) in [6, 6.07) is 5.17. The lowest BCUT2D eigenvalue weighted by atomic mass is 10.2. The van der Waals surface area contributed by atoms with E-state index >= 15 is 0 Å². The van der Waals surface area contributed by atoms with Gasteiger partial charge in [-0.2, -0.15) is 0 Å². The van der Waals surface area contributed by atoms with Gasteiger partial charge in [0.05, 0.1) is 16.0 Å². The first-order valence-electron chi connectivity index (χ1n) is 8.28. The molecule has 1 aliphatic rings. The Hall–Kier alpha value is -1.84. The standard InChI is InChI=1S/C18H20BrNO6S/c1-3-25-16(21)11-26-14-6-5-12(9-13(14)19)10-15-17(22)20(18(23)27-15)7-4-8-24-2/h5-6,9-10H,3-4,7-8,11H2,1-2H3/b15-10+. The lowest BCUT2D eigenvalue weighted by molar-refractivity contribution is -0.145. The molecule has 146 valence electrons. The van der Waals surface area contributed by atoms with E-state index in [1.54, 1.807) is 38.3 Å². The van der Waals surface area contributed by atoms with Gasteiger partial charge < -0.3 is 14.2 Å². The quantitative estimate of drug-likeness (QED) is 0.319. The Balaban J connectivity index is 2.04. The molecule has 2 amide bonds. The van der Waals surface area contributed by atoms with Crippen molar-refractivity contribution < 1.29 is 28.6 Å². The van der Waals surface area contributed by atoms with Crippen LogP contribution >= 0.6 is 27.7 Å². The fraction of sp³-hybridized carbons (Fsp3) is 0.389. The Labute approximate surface area is 170 Å². The zero-order valence-corrected chi connectivity index (χ0v) is 17.4. The summed E-state index contributed by atoms with van der Waals surface area (Å²) in [4.78, 5) is 37.4. The number of imide groups is 1. The number of nitrogens with zero attached hydrogens (tertiary/aromatic N) is 1. The van der Waals surface area contributed by atoms with Gasteiger partial charge in [0.15, 0.2) is 6.61 Å². The number of halogens is 1. The van der Waals surface area contributed by atoms with Crippen LogP contribution in [-0.2, 0) is 19.1 Å². The Morgan fingerprint density at radius 1 is 1.33 bits per heavy atom. The topological polar surface area (TPSA) is 82.1 Å². The van der Waals surface area contributed by atoms with Gasteiger partial charge in [-0.15, -0.1) is 0 Å². The third kappa shape index (κ3) is 6.08. The molecule has 0 atom stereocenters. The second-order valence-corrected chi connectivity index (χ2v) is 7.31. The normalized spacial score (nSPS) is 15.5. The van der Waals surface area contributed by atoms with Crippen molar-refractivity contribution in [2.24, 2.45) is 0 Å². The smallest absolute Gasteiger partial charge is 0.344 e. The Morgan fingerprint density at radius 3 is 2.78 bits per heavy atom. The number of methoxy groups -OCH3 is 1. The number of hydrogen-bond donors (Lipinski definition) is 0. The molecule has 1 aliphatic heterocycles. The molecule has 27 heavy (non-hydrogen) atoms. The van der Waals surface area contributed by atoms with Gasteiger partial charge in [0.2, 0.25) is 0 Å². The number of benzene rings is 1. The number of hydrogen-bond acceptors (Lipinski definition) is 7. The molecule has 1 aromatic rings.